The molecule has 0 radical (unpaired) electrons. The summed E-state index contributed by atoms with van der Waals surface area (Å²) in [5.74, 6) is 1.23. The van der Waals surface area contributed by atoms with Gasteiger partial charge in [0.15, 0.2) is 23.2 Å². The van der Waals surface area contributed by atoms with E-state index < -0.39 is 24.5 Å². The Morgan fingerprint density at radius 2 is 1.96 bits per heavy atom. The molecule has 1 aliphatic carbocycles. The number of aliphatic hydroxyl groups excluding tert-OH is 3. The van der Waals surface area contributed by atoms with Crippen LogP contribution in [0, 0.1) is 0 Å². The Labute approximate surface area is 138 Å². The van der Waals surface area contributed by atoms with Gasteiger partial charge in [-0.3, -0.25) is 4.57 Å². The van der Waals surface area contributed by atoms with Gasteiger partial charge in [-0.05, 0) is 12.8 Å². The van der Waals surface area contributed by atoms with Crippen molar-refractivity contribution < 1.29 is 20.1 Å². The summed E-state index contributed by atoms with van der Waals surface area (Å²) >= 11 is 0. The first-order valence-corrected chi connectivity index (χ1v) is 8.22. The van der Waals surface area contributed by atoms with E-state index in [4.69, 9.17) is 10.5 Å². The lowest BCUT2D eigenvalue weighted by Gasteiger charge is -2.21. The van der Waals surface area contributed by atoms with Gasteiger partial charge >= 0.3 is 0 Å². The highest BCUT2D eigenvalue weighted by molar-refractivity contribution is 5.82. The first kappa shape index (κ1) is 15.7. The number of hydrogen-bond acceptors (Lipinski definition) is 8. The fraction of sp³-hybridized carbons (Fsp3) is 0.667. The normalized spacial score (nSPS) is 31.3. The molecule has 1 aliphatic heterocycles. The molecule has 4 atom stereocenters. The van der Waals surface area contributed by atoms with E-state index in [2.05, 4.69) is 15.0 Å². The summed E-state index contributed by atoms with van der Waals surface area (Å²) in [6.07, 6.45) is 1.48. The number of aromatic nitrogens is 4. The van der Waals surface area contributed by atoms with Gasteiger partial charge in [-0.25, -0.2) is 15.0 Å². The van der Waals surface area contributed by atoms with E-state index in [1.165, 1.54) is 6.33 Å². The second-order valence-corrected chi connectivity index (χ2v) is 6.48. The molecule has 0 bridgehead atoms. The lowest BCUT2D eigenvalue weighted by Crippen LogP contribution is -2.33. The maximum atomic E-state index is 10.4. The molecule has 9 heteroatoms. The van der Waals surface area contributed by atoms with Gasteiger partial charge in [0.25, 0.3) is 0 Å². The molecule has 1 saturated heterocycles. The van der Waals surface area contributed by atoms with Crippen molar-refractivity contribution in [2.75, 3.05) is 12.3 Å². The minimum Gasteiger partial charge on any atom is -0.394 e. The lowest BCUT2D eigenvalue weighted by atomic mass is 10.1. The number of fused-ring (bicyclic) bond motifs is 1. The zero-order valence-electron chi connectivity index (χ0n) is 13.1. The molecule has 2 fully saturated rings. The van der Waals surface area contributed by atoms with Gasteiger partial charge in [0.05, 0.1) is 6.61 Å². The summed E-state index contributed by atoms with van der Waals surface area (Å²) in [6, 6.07) is 0. The average Bonchev–Trinajstić information content (AvgIpc) is 3.27. The van der Waals surface area contributed by atoms with Crippen LogP contribution in [0.4, 0.5) is 5.82 Å². The minimum atomic E-state index is -1.18. The van der Waals surface area contributed by atoms with Crippen LogP contribution in [0.15, 0.2) is 6.33 Å². The Morgan fingerprint density at radius 1 is 1.21 bits per heavy atom. The zero-order chi connectivity index (χ0) is 16.8. The predicted molar refractivity (Wildman–Crippen MR) is 84.0 cm³/mol. The molecule has 24 heavy (non-hydrogen) atoms. The third-order valence-electron chi connectivity index (χ3n) is 5.02. The lowest BCUT2D eigenvalue weighted by molar-refractivity contribution is -0.0526. The summed E-state index contributed by atoms with van der Waals surface area (Å²) < 4.78 is 7.41. The highest BCUT2D eigenvalue weighted by Gasteiger charge is 2.45. The van der Waals surface area contributed by atoms with Crippen LogP contribution < -0.4 is 5.73 Å². The first-order valence-electron chi connectivity index (χ1n) is 8.22. The molecule has 0 aromatic carbocycles. The molecule has 0 amide bonds. The number of aliphatic hydroxyl groups is 3. The number of imidazole rings is 1. The molecular weight excluding hydrogens is 314 g/mol. The Morgan fingerprint density at radius 3 is 2.62 bits per heavy atom. The van der Waals surface area contributed by atoms with E-state index in [0.717, 1.165) is 31.5 Å². The molecule has 0 unspecified atom stereocenters. The highest BCUT2D eigenvalue weighted by atomic mass is 16.6. The fourth-order valence-corrected chi connectivity index (χ4v) is 3.76. The number of hydrogen-bond donors (Lipinski definition) is 4. The van der Waals surface area contributed by atoms with Gasteiger partial charge in [-0.2, -0.15) is 0 Å². The fourth-order valence-electron chi connectivity index (χ4n) is 3.76. The Balaban J connectivity index is 1.86. The predicted octanol–water partition coefficient (Wildman–Crippen LogP) is -0.322. The molecule has 2 aromatic heterocycles. The zero-order valence-corrected chi connectivity index (χ0v) is 13.1. The number of ether oxygens (including phenoxy) is 1. The number of rotatable bonds is 3. The Kier molecular flexibility index (Phi) is 3.87. The summed E-state index contributed by atoms with van der Waals surface area (Å²) in [6.45, 7) is -0.378. The van der Waals surface area contributed by atoms with Gasteiger partial charge in [0.1, 0.15) is 30.5 Å². The van der Waals surface area contributed by atoms with Crippen molar-refractivity contribution in [3.05, 3.63) is 12.2 Å². The largest absolute Gasteiger partial charge is 0.394 e. The van der Waals surface area contributed by atoms with Crippen LogP contribution in [0.25, 0.3) is 11.2 Å². The van der Waals surface area contributed by atoms with E-state index in [1.807, 2.05) is 0 Å². The van der Waals surface area contributed by atoms with Crippen LogP contribution in [0.2, 0.25) is 0 Å². The molecule has 5 N–H and O–H groups in total. The molecule has 3 heterocycles. The van der Waals surface area contributed by atoms with Gasteiger partial charge < -0.3 is 25.8 Å². The van der Waals surface area contributed by atoms with Crippen molar-refractivity contribution in [2.45, 2.75) is 56.1 Å². The van der Waals surface area contributed by atoms with Crippen molar-refractivity contribution in [2.24, 2.45) is 0 Å². The molecule has 2 aromatic rings. The van der Waals surface area contributed by atoms with E-state index in [0.29, 0.717) is 11.2 Å². The van der Waals surface area contributed by atoms with Crippen LogP contribution in [0.5, 0.6) is 0 Å². The van der Waals surface area contributed by atoms with Crippen molar-refractivity contribution >= 4 is 17.0 Å². The minimum absolute atomic E-state index is 0.222. The standard InChI is InChI=1S/C15H21N5O4/c16-12-9-14(18-6-17-12)20(13(19-9)7-3-1-2-4-7)15-11(23)10(22)8(5-21)24-15/h6-8,10-11,15,21-23H,1-5H2,(H2,16,17,18)/t8-,10-,11-,15-/m1/s1. The number of anilines is 1. The second-order valence-electron chi connectivity index (χ2n) is 6.48. The Hall–Kier alpha value is -1.81. The SMILES string of the molecule is Nc1ncnc2c1nc(C1CCCC1)n2[C@@H]1O[C@H](CO)[C@@H](O)[C@H]1O. The van der Waals surface area contributed by atoms with Crippen LogP contribution >= 0.6 is 0 Å². The van der Waals surface area contributed by atoms with Crippen LogP contribution in [0.1, 0.15) is 43.7 Å². The van der Waals surface area contributed by atoms with E-state index >= 15 is 0 Å². The average molecular weight is 335 g/mol. The maximum Gasteiger partial charge on any atom is 0.167 e. The van der Waals surface area contributed by atoms with Crippen molar-refractivity contribution in [3.63, 3.8) is 0 Å². The van der Waals surface area contributed by atoms with Crippen LogP contribution in [-0.2, 0) is 4.74 Å². The van der Waals surface area contributed by atoms with Crippen molar-refractivity contribution in [3.8, 4) is 0 Å². The molecule has 9 nitrogen and oxygen atoms in total. The number of nitrogens with zero attached hydrogens (tertiary/aromatic N) is 4. The molecule has 4 rings (SSSR count). The van der Waals surface area contributed by atoms with Crippen LogP contribution in [-0.4, -0.2) is 59.8 Å². The third-order valence-corrected chi connectivity index (χ3v) is 5.02. The molecule has 1 saturated carbocycles. The summed E-state index contributed by atoms with van der Waals surface area (Å²) in [5, 5.41) is 29.8. The smallest absolute Gasteiger partial charge is 0.167 e. The van der Waals surface area contributed by atoms with Crippen molar-refractivity contribution in [1.29, 1.82) is 0 Å². The quantitative estimate of drug-likeness (QED) is 0.598. The molecule has 0 spiro atoms. The molecule has 2 aliphatic rings. The van der Waals surface area contributed by atoms with Crippen LogP contribution in [0.3, 0.4) is 0 Å². The monoisotopic (exact) mass is 335 g/mol. The summed E-state index contributed by atoms with van der Waals surface area (Å²) in [5.41, 5.74) is 6.87. The molecule has 130 valence electrons. The highest BCUT2D eigenvalue weighted by Crippen LogP contribution is 2.40. The number of nitrogen functional groups attached to an aromatic ring is 1. The molecular formula is C15H21N5O4. The third kappa shape index (κ3) is 2.27. The van der Waals surface area contributed by atoms with Crippen molar-refractivity contribution in [1.82, 2.24) is 19.5 Å². The van der Waals surface area contributed by atoms with E-state index in [9.17, 15) is 15.3 Å². The van der Waals surface area contributed by atoms with Gasteiger partial charge in [0.2, 0.25) is 0 Å². The van der Waals surface area contributed by atoms with E-state index in [1.54, 1.807) is 4.57 Å². The number of nitrogens with two attached hydrogens (primary N) is 1. The maximum absolute atomic E-state index is 10.4. The second kappa shape index (κ2) is 5.92. The first-order chi connectivity index (χ1) is 11.6. The van der Waals surface area contributed by atoms with Gasteiger partial charge in [-0.1, -0.05) is 12.8 Å². The van der Waals surface area contributed by atoms with Gasteiger partial charge in [0, 0.05) is 5.92 Å². The summed E-state index contributed by atoms with van der Waals surface area (Å²) in [7, 11) is 0. The summed E-state index contributed by atoms with van der Waals surface area (Å²) in [4.78, 5) is 12.9. The Bertz CT molecular complexity index is 745. The topological polar surface area (TPSA) is 140 Å². The van der Waals surface area contributed by atoms with Gasteiger partial charge in [-0.15, -0.1) is 0 Å². The van der Waals surface area contributed by atoms with E-state index in [-0.39, 0.29) is 18.3 Å².